The number of nitrogens with one attached hydrogen (secondary N) is 1. The van der Waals surface area contributed by atoms with Crippen LogP contribution in [-0.2, 0) is 0 Å². The highest BCUT2D eigenvalue weighted by Gasteiger charge is 2.32. The molecule has 0 aliphatic heterocycles. The molecule has 0 saturated heterocycles. The summed E-state index contributed by atoms with van der Waals surface area (Å²) in [5.41, 5.74) is 2.76. The number of allylic oxidation sites excluding steroid dienone is 1. The molecule has 1 atom stereocenters. The number of ether oxygens (including phenoxy) is 1. The molecule has 0 spiro atoms. The van der Waals surface area contributed by atoms with E-state index in [1.807, 2.05) is 0 Å². The number of hydrogen-bond acceptors (Lipinski definition) is 7. The second kappa shape index (κ2) is 7.05. The topological polar surface area (TPSA) is 89.9 Å². The van der Waals surface area contributed by atoms with E-state index < -0.39 is 0 Å². The summed E-state index contributed by atoms with van der Waals surface area (Å²) in [6, 6.07) is 3.26. The number of rotatable bonds is 5. The fourth-order valence-electron chi connectivity index (χ4n) is 2.65. The van der Waals surface area contributed by atoms with Gasteiger partial charge in [-0.3, -0.25) is 15.1 Å². The Morgan fingerprint density at radius 1 is 1.37 bits per heavy atom. The largest absolute Gasteiger partial charge is 0.494 e. The number of amides is 1. The molecule has 1 aliphatic carbocycles. The SMILES string of the molecule is C=C1CC1c1nnc(NC(=O)c2ccncc2-c2cc(Cl)ncc2OC)s1. The zero-order valence-electron chi connectivity index (χ0n) is 14.3. The summed E-state index contributed by atoms with van der Waals surface area (Å²) >= 11 is 7.38. The van der Waals surface area contributed by atoms with Crippen molar-refractivity contribution in [1.82, 2.24) is 20.2 Å². The minimum absolute atomic E-state index is 0.271. The lowest BCUT2D eigenvalue weighted by molar-refractivity contribution is 0.102. The number of anilines is 1. The van der Waals surface area contributed by atoms with E-state index in [1.165, 1.54) is 24.6 Å². The van der Waals surface area contributed by atoms with Crippen molar-refractivity contribution in [3.63, 3.8) is 0 Å². The number of halogens is 1. The smallest absolute Gasteiger partial charge is 0.258 e. The fourth-order valence-corrected chi connectivity index (χ4v) is 3.71. The molecule has 27 heavy (non-hydrogen) atoms. The highest BCUT2D eigenvalue weighted by atomic mass is 35.5. The summed E-state index contributed by atoms with van der Waals surface area (Å²) in [6.07, 6.45) is 5.57. The van der Waals surface area contributed by atoms with Crippen molar-refractivity contribution in [2.24, 2.45) is 0 Å². The maximum Gasteiger partial charge on any atom is 0.258 e. The summed E-state index contributed by atoms with van der Waals surface area (Å²) in [5, 5.41) is 12.6. The van der Waals surface area contributed by atoms with Gasteiger partial charge in [-0.15, -0.1) is 10.2 Å². The van der Waals surface area contributed by atoms with E-state index in [0.717, 1.165) is 17.0 Å². The molecule has 1 unspecified atom stereocenters. The molecular weight excluding hydrogens is 386 g/mol. The average Bonchev–Trinajstić information content (AvgIpc) is 3.23. The zero-order valence-corrected chi connectivity index (χ0v) is 15.8. The molecule has 1 aliphatic rings. The molecule has 9 heteroatoms. The number of pyridine rings is 2. The lowest BCUT2D eigenvalue weighted by Crippen LogP contribution is -2.13. The van der Waals surface area contributed by atoms with Gasteiger partial charge < -0.3 is 4.74 Å². The van der Waals surface area contributed by atoms with Gasteiger partial charge in [0.15, 0.2) is 0 Å². The minimum Gasteiger partial charge on any atom is -0.494 e. The van der Waals surface area contributed by atoms with Gasteiger partial charge in [0.1, 0.15) is 15.9 Å². The van der Waals surface area contributed by atoms with Crippen LogP contribution in [0.15, 0.2) is 42.9 Å². The second-order valence-corrected chi connectivity index (χ2v) is 7.34. The minimum atomic E-state index is -0.320. The van der Waals surface area contributed by atoms with Crippen LogP contribution in [0.2, 0.25) is 5.15 Å². The molecule has 136 valence electrons. The maximum absolute atomic E-state index is 12.8. The number of hydrogen-bond donors (Lipinski definition) is 1. The van der Waals surface area contributed by atoms with E-state index in [2.05, 4.69) is 32.1 Å². The molecule has 1 N–H and O–H groups in total. The number of nitrogens with zero attached hydrogens (tertiary/aromatic N) is 4. The van der Waals surface area contributed by atoms with E-state index in [-0.39, 0.29) is 11.8 Å². The van der Waals surface area contributed by atoms with Crippen LogP contribution in [0.5, 0.6) is 5.75 Å². The van der Waals surface area contributed by atoms with E-state index in [0.29, 0.717) is 32.7 Å². The lowest BCUT2D eigenvalue weighted by Gasteiger charge is -2.12. The molecule has 4 rings (SSSR count). The highest BCUT2D eigenvalue weighted by molar-refractivity contribution is 7.15. The molecule has 1 fully saturated rings. The second-order valence-electron chi connectivity index (χ2n) is 5.94. The summed E-state index contributed by atoms with van der Waals surface area (Å²) in [6.45, 7) is 3.93. The van der Waals surface area contributed by atoms with Crippen molar-refractivity contribution < 1.29 is 9.53 Å². The van der Waals surface area contributed by atoms with Crippen LogP contribution in [0.25, 0.3) is 11.1 Å². The molecule has 3 aromatic heterocycles. The monoisotopic (exact) mass is 399 g/mol. The van der Waals surface area contributed by atoms with Gasteiger partial charge >= 0.3 is 0 Å². The van der Waals surface area contributed by atoms with Crippen LogP contribution < -0.4 is 10.1 Å². The van der Waals surface area contributed by atoms with Gasteiger partial charge in [-0.1, -0.05) is 35.1 Å². The van der Waals surface area contributed by atoms with Crippen LogP contribution in [0, 0.1) is 0 Å². The Labute approximate surface area is 164 Å². The first-order valence-electron chi connectivity index (χ1n) is 8.03. The molecular formula is C18H14ClN5O2S. The predicted octanol–water partition coefficient (Wildman–Crippen LogP) is 3.95. The molecule has 1 amide bonds. The van der Waals surface area contributed by atoms with E-state index in [4.69, 9.17) is 16.3 Å². The van der Waals surface area contributed by atoms with Gasteiger partial charge in [0.05, 0.1) is 18.9 Å². The normalized spacial score (nSPS) is 15.5. The number of methoxy groups -OCH3 is 1. The third-order valence-electron chi connectivity index (χ3n) is 4.17. The Hall–Kier alpha value is -2.84. The summed E-state index contributed by atoms with van der Waals surface area (Å²) < 4.78 is 5.35. The van der Waals surface area contributed by atoms with E-state index >= 15 is 0 Å². The first-order chi connectivity index (χ1) is 13.1. The van der Waals surface area contributed by atoms with Crippen LogP contribution in [0.4, 0.5) is 5.13 Å². The Morgan fingerprint density at radius 2 is 2.19 bits per heavy atom. The Balaban J connectivity index is 1.65. The van der Waals surface area contributed by atoms with Crippen molar-refractivity contribution in [2.75, 3.05) is 12.4 Å². The van der Waals surface area contributed by atoms with Gasteiger partial charge in [0.25, 0.3) is 5.91 Å². The van der Waals surface area contributed by atoms with Gasteiger partial charge in [-0.25, -0.2) is 4.98 Å². The third-order valence-corrected chi connectivity index (χ3v) is 5.33. The zero-order chi connectivity index (χ0) is 19.0. The summed E-state index contributed by atoms with van der Waals surface area (Å²) in [5.74, 6) is 0.444. The van der Waals surface area contributed by atoms with Gasteiger partial charge in [0, 0.05) is 29.4 Å². The molecule has 3 aromatic rings. The average molecular weight is 400 g/mol. The first-order valence-corrected chi connectivity index (χ1v) is 9.22. The van der Waals surface area contributed by atoms with E-state index in [9.17, 15) is 4.79 Å². The quantitative estimate of drug-likeness (QED) is 0.516. The molecule has 3 heterocycles. The predicted molar refractivity (Wildman–Crippen MR) is 103 cm³/mol. The standard InChI is InChI=1S/C18H14ClN5O2S/c1-9-5-11(9)17-23-24-18(27-17)22-16(25)10-3-4-20-7-13(10)12-6-15(19)21-8-14(12)26-2/h3-4,6-8,11H,1,5H2,2H3,(H,22,24,25). The molecule has 1 saturated carbocycles. The Bertz CT molecular complexity index is 1050. The van der Waals surface area contributed by atoms with Gasteiger partial charge in [-0.05, 0) is 18.6 Å². The molecule has 0 bridgehead atoms. The van der Waals surface area contributed by atoms with Gasteiger partial charge in [0.2, 0.25) is 5.13 Å². The molecule has 0 aromatic carbocycles. The van der Waals surface area contributed by atoms with Crippen molar-refractivity contribution >= 4 is 34.0 Å². The van der Waals surface area contributed by atoms with Gasteiger partial charge in [-0.2, -0.15) is 0 Å². The summed E-state index contributed by atoms with van der Waals surface area (Å²) in [7, 11) is 1.53. The van der Waals surface area contributed by atoms with Crippen LogP contribution in [0.3, 0.4) is 0 Å². The Morgan fingerprint density at radius 3 is 2.93 bits per heavy atom. The fraction of sp³-hybridized carbons (Fsp3) is 0.167. The number of carbonyl (C=O) groups is 1. The highest BCUT2D eigenvalue weighted by Crippen LogP contribution is 2.46. The third kappa shape index (κ3) is 3.54. The Kier molecular flexibility index (Phi) is 4.59. The van der Waals surface area contributed by atoms with Crippen molar-refractivity contribution in [3.8, 4) is 16.9 Å². The number of aromatic nitrogens is 4. The maximum atomic E-state index is 12.8. The molecule has 0 radical (unpaired) electrons. The molecule has 7 nitrogen and oxygen atoms in total. The number of carbonyl (C=O) groups excluding carboxylic acids is 1. The van der Waals surface area contributed by atoms with Crippen molar-refractivity contribution in [3.05, 3.63) is 58.6 Å². The van der Waals surface area contributed by atoms with Crippen molar-refractivity contribution in [1.29, 1.82) is 0 Å². The van der Waals surface area contributed by atoms with Crippen LogP contribution >= 0.6 is 22.9 Å². The first kappa shape index (κ1) is 17.6. The summed E-state index contributed by atoms with van der Waals surface area (Å²) in [4.78, 5) is 21.0. The van der Waals surface area contributed by atoms with Crippen LogP contribution in [0.1, 0.15) is 27.7 Å². The van der Waals surface area contributed by atoms with E-state index in [1.54, 1.807) is 24.5 Å². The van der Waals surface area contributed by atoms with Crippen molar-refractivity contribution in [2.45, 2.75) is 12.3 Å². The lowest BCUT2D eigenvalue weighted by atomic mass is 10.0. The van der Waals surface area contributed by atoms with Crippen LogP contribution in [-0.4, -0.2) is 33.2 Å².